The molecule has 0 unspecified atom stereocenters. The molecule has 8 heteroatoms. The van der Waals surface area contributed by atoms with E-state index in [4.69, 9.17) is 11.5 Å². The highest BCUT2D eigenvalue weighted by molar-refractivity contribution is 7.40. The van der Waals surface area contributed by atoms with E-state index in [9.17, 15) is 9.59 Å². The van der Waals surface area contributed by atoms with E-state index < -0.39 is 0 Å². The highest BCUT2D eigenvalue weighted by atomic mass is 32.2. The van der Waals surface area contributed by atoms with E-state index in [2.05, 4.69) is 10.6 Å². The zero-order chi connectivity index (χ0) is 22.5. The second-order valence-corrected chi connectivity index (χ2v) is 9.63. The van der Waals surface area contributed by atoms with Gasteiger partial charge in [-0.05, 0) is 24.0 Å². The number of rotatable bonds is 8. The van der Waals surface area contributed by atoms with Crippen LogP contribution in [-0.2, 0) is 12.8 Å². The van der Waals surface area contributed by atoms with Crippen LogP contribution in [0.4, 0.5) is 11.4 Å². The molecular formula is C24H24N4O2S2. The van der Waals surface area contributed by atoms with Crippen molar-refractivity contribution in [1.29, 1.82) is 0 Å². The first kappa shape index (κ1) is 21.9. The Kier molecular flexibility index (Phi) is 6.72. The molecule has 0 fully saturated rings. The zero-order valence-electron chi connectivity index (χ0n) is 17.4. The Morgan fingerprint density at radius 1 is 0.688 bits per heavy atom. The SMILES string of the molecule is Nc1c(C(=O)NCCc2ccccc2)sc2sc(C(=O)NCCc3ccccc3)c(N)c12. The van der Waals surface area contributed by atoms with E-state index in [0.717, 1.165) is 28.0 Å². The Labute approximate surface area is 194 Å². The second kappa shape index (κ2) is 9.84. The van der Waals surface area contributed by atoms with Gasteiger partial charge in [-0.15, -0.1) is 22.7 Å². The van der Waals surface area contributed by atoms with Crippen LogP contribution >= 0.6 is 22.7 Å². The number of nitrogens with two attached hydrogens (primary N) is 2. The Bertz CT molecular complexity index is 1140. The lowest BCUT2D eigenvalue weighted by Crippen LogP contribution is -2.26. The molecule has 6 N–H and O–H groups in total. The third-order valence-electron chi connectivity index (χ3n) is 5.12. The summed E-state index contributed by atoms with van der Waals surface area (Å²) >= 11 is 2.55. The van der Waals surface area contributed by atoms with Crippen LogP contribution < -0.4 is 22.1 Å². The number of carbonyl (C=O) groups excluding carboxylic acids is 2. The largest absolute Gasteiger partial charge is 0.397 e. The van der Waals surface area contributed by atoms with Crippen molar-refractivity contribution in [2.24, 2.45) is 0 Å². The lowest BCUT2D eigenvalue weighted by molar-refractivity contribution is 0.0951. The molecule has 2 aromatic heterocycles. The molecule has 0 saturated heterocycles. The third-order valence-corrected chi connectivity index (χ3v) is 7.62. The first-order valence-electron chi connectivity index (χ1n) is 10.3. The van der Waals surface area contributed by atoms with Crippen molar-refractivity contribution in [3.63, 3.8) is 0 Å². The molecule has 6 nitrogen and oxygen atoms in total. The van der Waals surface area contributed by atoms with Gasteiger partial charge in [-0.2, -0.15) is 0 Å². The fourth-order valence-electron chi connectivity index (χ4n) is 3.44. The van der Waals surface area contributed by atoms with Crippen LogP contribution in [0.3, 0.4) is 0 Å². The number of hydrogen-bond acceptors (Lipinski definition) is 6. The van der Waals surface area contributed by atoms with Crippen LogP contribution in [0.2, 0.25) is 0 Å². The van der Waals surface area contributed by atoms with E-state index in [-0.39, 0.29) is 11.8 Å². The molecule has 0 bridgehead atoms. The molecule has 2 aromatic carbocycles. The number of benzene rings is 2. The van der Waals surface area contributed by atoms with Gasteiger partial charge in [0.2, 0.25) is 0 Å². The van der Waals surface area contributed by atoms with Crippen molar-refractivity contribution in [2.45, 2.75) is 12.8 Å². The molecule has 2 amide bonds. The minimum absolute atomic E-state index is 0.222. The van der Waals surface area contributed by atoms with Crippen molar-refractivity contribution in [1.82, 2.24) is 10.6 Å². The summed E-state index contributed by atoms with van der Waals surface area (Å²) in [6.45, 7) is 1.02. The van der Waals surface area contributed by atoms with Gasteiger partial charge in [0.15, 0.2) is 0 Å². The van der Waals surface area contributed by atoms with Crippen LogP contribution in [0.5, 0.6) is 0 Å². The molecule has 0 aliphatic carbocycles. The van der Waals surface area contributed by atoms with Crippen molar-refractivity contribution in [3.05, 3.63) is 81.5 Å². The molecule has 0 aliphatic rings. The molecule has 32 heavy (non-hydrogen) atoms. The molecule has 0 atom stereocenters. The van der Waals surface area contributed by atoms with Crippen LogP contribution in [0, 0.1) is 0 Å². The van der Waals surface area contributed by atoms with Crippen molar-refractivity contribution in [2.75, 3.05) is 24.6 Å². The van der Waals surface area contributed by atoms with Gasteiger partial charge in [0.1, 0.15) is 9.75 Å². The fraction of sp³-hybridized carbons (Fsp3) is 0.167. The van der Waals surface area contributed by atoms with Gasteiger partial charge < -0.3 is 22.1 Å². The minimum Gasteiger partial charge on any atom is -0.397 e. The molecule has 2 heterocycles. The minimum atomic E-state index is -0.222. The Hall–Kier alpha value is -3.36. The summed E-state index contributed by atoms with van der Waals surface area (Å²) < 4.78 is 0.779. The molecule has 4 aromatic rings. The summed E-state index contributed by atoms with van der Waals surface area (Å²) in [7, 11) is 0. The number of carbonyl (C=O) groups is 2. The molecule has 0 saturated carbocycles. The Balaban J connectivity index is 1.40. The summed E-state index contributed by atoms with van der Waals surface area (Å²) in [5, 5.41) is 6.43. The van der Waals surface area contributed by atoms with Crippen LogP contribution in [-0.4, -0.2) is 24.9 Å². The predicted molar refractivity (Wildman–Crippen MR) is 133 cm³/mol. The smallest absolute Gasteiger partial charge is 0.263 e. The normalized spacial score (nSPS) is 10.9. The number of amides is 2. The monoisotopic (exact) mass is 464 g/mol. The predicted octanol–water partition coefficient (Wildman–Crippen LogP) is 4.07. The Morgan fingerprint density at radius 3 is 1.47 bits per heavy atom. The van der Waals surface area contributed by atoms with Gasteiger partial charge in [-0.1, -0.05) is 60.7 Å². The lowest BCUT2D eigenvalue weighted by Gasteiger charge is -2.06. The average Bonchev–Trinajstić information content (AvgIpc) is 3.31. The maximum atomic E-state index is 12.6. The Morgan fingerprint density at radius 2 is 1.09 bits per heavy atom. The van der Waals surface area contributed by atoms with Gasteiger partial charge in [-0.25, -0.2) is 0 Å². The molecule has 0 aliphatic heterocycles. The summed E-state index contributed by atoms with van der Waals surface area (Å²) in [6.07, 6.45) is 1.48. The van der Waals surface area contributed by atoms with E-state index in [1.54, 1.807) is 0 Å². The van der Waals surface area contributed by atoms with E-state index >= 15 is 0 Å². The molecular weight excluding hydrogens is 440 g/mol. The molecule has 0 spiro atoms. The van der Waals surface area contributed by atoms with E-state index in [0.29, 0.717) is 39.6 Å². The zero-order valence-corrected chi connectivity index (χ0v) is 19.0. The summed E-state index contributed by atoms with van der Waals surface area (Å²) in [4.78, 5) is 26.1. The average molecular weight is 465 g/mol. The van der Waals surface area contributed by atoms with Gasteiger partial charge in [0.05, 0.1) is 20.8 Å². The number of nitrogen functional groups attached to an aromatic ring is 2. The van der Waals surface area contributed by atoms with Crippen molar-refractivity contribution >= 4 is 55.3 Å². The summed E-state index contributed by atoms with van der Waals surface area (Å²) in [6, 6.07) is 19.9. The third kappa shape index (κ3) is 4.76. The van der Waals surface area contributed by atoms with Crippen molar-refractivity contribution in [3.8, 4) is 0 Å². The summed E-state index contributed by atoms with van der Waals surface area (Å²) in [5.41, 5.74) is 15.5. The van der Waals surface area contributed by atoms with Gasteiger partial charge >= 0.3 is 0 Å². The van der Waals surface area contributed by atoms with Gasteiger partial charge in [0.25, 0.3) is 11.8 Å². The highest BCUT2D eigenvalue weighted by Gasteiger charge is 2.24. The van der Waals surface area contributed by atoms with Gasteiger partial charge in [0, 0.05) is 13.1 Å². The quantitative estimate of drug-likeness (QED) is 0.315. The maximum absolute atomic E-state index is 12.6. The standard InChI is InChI=1S/C24H24N4O2S2/c25-18-17-19(26)21(23(30)28-14-12-16-9-5-2-6-10-16)32-24(17)31-20(18)22(29)27-13-11-15-7-3-1-4-8-15/h1-10H,11-14,25-26H2,(H,27,29)(H,28,30). The first-order valence-corrected chi connectivity index (χ1v) is 11.9. The molecule has 164 valence electrons. The van der Waals surface area contributed by atoms with Crippen LogP contribution in [0.15, 0.2) is 60.7 Å². The second-order valence-electron chi connectivity index (χ2n) is 7.34. The highest BCUT2D eigenvalue weighted by Crippen LogP contribution is 2.44. The van der Waals surface area contributed by atoms with Gasteiger partial charge in [-0.3, -0.25) is 9.59 Å². The van der Waals surface area contributed by atoms with E-state index in [1.807, 2.05) is 60.7 Å². The first-order chi connectivity index (χ1) is 15.5. The van der Waals surface area contributed by atoms with Crippen LogP contribution in [0.1, 0.15) is 30.5 Å². The topological polar surface area (TPSA) is 110 Å². The van der Waals surface area contributed by atoms with Crippen LogP contribution in [0.25, 0.3) is 9.40 Å². The molecule has 4 rings (SSSR count). The maximum Gasteiger partial charge on any atom is 0.263 e. The van der Waals surface area contributed by atoms with E-state index in [1.165, 1.54) is 22.7 Å². The number of hydrogen-bond donors (Lipinski definition) is 4. The number of anilines is 2. The number of fused-ring (bicyclic) bond motifs is 1. The van der Waals surface area contributed by atoms with Crippen molar-refractivity contribution < 1.29 is 9.59 Å². The fourth-order valence-corrected chi connectivity index (χ4v) is 5.87. The lowest BCUT2D eigenvalue weighted by atomic mass is 10.1. The number of nitrogens with one attached hydrogen (secondary N) is 2. The number of thiophene rings is 2. The summed E-state index contributed by atoms with van der Waals surface area (Å²) in [5.74, 6) is -0.444. The molecule has 0 radical (unpaired) electrons.